The van der Waals surface area contributed by atoms with Crippen molar-refractivity contribution < 1.29 is 0 Å². The molecular weight excluding hydrogens is 677 g/mol. The average Bonchev–Trinajstić information content (AvgIpc) is 3.29. The molecular formula is C54H42N2. The molecule has 1 atom stereocenters. The van der Waals surface area contributed by atoms with E-state index < -0.39 is 0 Å². The standard InChI is InChI=1S/C54H42N2/c1-5-16-41(17-6-1)47-22-14-28-53(39-47)55(49-24-9-3-10-25-49)51-34-30-43(31-35-51)45-20-13-21-46(38-45)44-32-36-52(37-33-44)56(50-26-11-4-12-27-50)54-29-15-23-48(40-54)42-18-7-2-8-19-42/h1-39,48H,40H2. The van der Waals surface area contributed by atoms with Gasteiger partial charge in [0.15, 0.2) is 0 Å². The summed E-state index contributed by atoms with van der Waals surface area (Å²) in [6.45, 7) is 0. The van der Waals surface area contributed by atoms with Gasteiger partial charge in [-0.2, -0.15) is 0 Å². The second kappa shape index (κ2) is 16.1. The monoisotopic (exact) mass is 718 g/mol. The van der Waals surface area contributed by atoms with Crippen molar-refractivity contribution in [3.05, 3.63) is 248 Å². The van der Waals surface area contributed by atoms with Crippen molar-refractivity contribution in [2.24, 2.45) is 0 Å². The molecule has 56 heavy (non-hydrogen) atoms. The van der Waals surface area contributed by atoms with Crippen molar-refractivity contribution in [2.45, 2.75) is 12.3 Å². The Balaban J connectivity index is 0.987. The van der Waals surface area contributed by atoms with E-state index in [1.807, 2.05) is 0 Å². The van der Waals surface area contributed by atoms with Gasteiger partial charge in [0.1, 0.15) is 0 Å². The minimum absolute atomic E-state index is 0.339. The SMILES string of the molecule is C1=CC(c2ccccc2)CC(N(c2ccccc2)c2ccc(-c3cccc(-c4ccc(N(c5ccccc5)c5cccc(-c6ccccc6)c5)cc4)c3)cc2)=C1. The molecule has 8 aromatic carbocycles. The maximum absolute atomic E-state index is 2.40. The second-order valence-electron chi connectivity index (χ2n) is 14.2. The zero-order valence-corrected chi connectivity index (χ0v) is 31.2. The molecule has 2 heteroatoms. The predicted octanol–water partition coefficient (Wildman–Crippen LogP) is 14.9. The molecule has 268 valence electrons. The first kappa shape index (κ1) is 34.6. The number of anilines is 5. The van der Waals surface area contributed by atoms with Crippen LogP contribution < -0.4 is 9.80 Å². The maximum Gasteiger partial charge on any atom is 0.0467 e. The molecule has 0 aromatic heterocycles. The van der Waals surface area contributed by atoms with Gasteiger partial charge in [0.05, 0.1) is 0 Å². The molecule has 8 aromatic rings. The lowest BCUT2D eigenvalue weighted by molar-refractivity contribution is 0.794. The molecule has 1 aliphatic rings. The van der Waals surface area contributed by atoms with E-state index in [9.17, 15) is 0 Å². The smallest absolute Gasteiger partial charge is 0.0467 e. The second-order valence-corrected chi connectivity index (χ2v) is 14.2. The quantitative estimate of drug-likeness (QED) is 0.139. The minimum atomic E-state index is 0.339. The predicted molar refractivity (Wildman–Crippen MR) is 237 cm³/mol. The average molecular weight is 719 g/mol. The Hall–Kier alpha value is -7.16. The zero-order chi connectivity index (χ0) is 37.5. The van der Waals surface area contributed by atoms with Crippen LogP contribution in [0.15, 0.2) is 242 Å². The van der Waals surface area contributed by atoms with Gasteiger partial charge in [-0.05, 0) is 118 Å². The van der Waals surface area contributed by atoms with Crippen LogP contribution in [-0.2, 0) is 0 Å². The molecule has 0 saturated carbocycles. The van der Waals surface area contributed by atoms with Gasteiger partial charge in [0.25, 0.3) is 0 Å². The van der Waals surface area contributed by atoms with E-state index in [-0.39, 0.29) is 0 Å². The summed E-state index contributed by atoms with van der Waals surface area (Å²) in [7, 11) is 0. The summed E-state index contributed by atoms with van der Waals surface area (Å²) in [5, 5.41) is 0. The lowest BCUT2D eigenvalue weighted by Crippen LogP contribution is -2.19. The highest BCUT2D eigenvalue weighted by Crippen LogP contribution is 2.40. The highest BCUT2D eigenvalue weighted by molar-refractivity contribution is 5.82. The Morgan fingerprint density at radius 3 is 1.32 bits per heavy atom. The first-order valence-corrected chi connectivity index (χ1v) is 19.4. The lowest BCUT2D eigenvalue weighted by Gasteiger charge is -2.31. The normalized spacial score (nSPS) is 13.5. The van der Waals surface area contributed by atoms with Crippen LogP contribution in [-0.4, -0.2) is 0 Å². The molecule has 9 rings (SSSR count). The van der Waals surface area contributed by atoms with Crippen LogP contribution in [0, 0.1) is 0 Å². The Morgan fingerprint density at radius 1 is 0.321 bits per heavy atom. The van der Waals surface area contributed by atoms with E-state index in [1.165, 1.54) is 44.6 Å². The van der Waals surface area contributed by atoms with E-state index in [4.69, 9.17) is 0 Å². The van der Waals surface area contributed by atoms with Crippen LogP contribution in [0.25, 0.3) is 33.4 Å². The van der Waals surface area contributed by atoms with Gasteiger partial charge in [-0.3, -0.25) is 0 Å². The van der Waals surface area contributed by atoms with Crippen LogP contribution in [0.3, 0.4) is 0 Å². The Labute approximate surface area is 330 Å². The summed E-state index contributed by atoms with van der Waals surface area (Å²) in [5.74, 6) is 0.339. The Kier molecular flexibility index (Phi) is 9.92. The van der Waals surface area contributed by atoms with E-state index in [2.05, 4.69) is 246 Å². The largest absolute Gasteiger partial charge is 0.314 e. The summed E-state index contributed by atoms with van der Waals surface area (Å²) in [4.78, 5) is 4.73. The maximum atomic E-state index is 2.40. The van der Waals surface area contributed by atoms with Gasteiger partial charge >= 0.3 is 0 Å². The van der Waals surface area contributed by atoms with Crippen LogP contribution in [0.2, 0.25) is 0 Å². The van der Waals surface area contributed by atoms with Gasteiger partial charge in [-0.25, -0.2) is 0 Å². The first-order valence-electron chi connectivity index (χ1n) is 19.4. The molecule has 0 saturated heterocycles. The molecule has 0 heterocycles. The number of nitrogens with zero attached hydrogens (tertiary/aromatic N) is 2. The Morgan fingerprint density at radius 2 is 0.732 bits per heavy atom. The number of para-hydroxylation sites is 2. The molecule has 0 N–H and O–H groups in total. The summed E-state index contributed by atoms with van der Waals surface area (Å²) in [6.07, 6.45) is 7.72. The number of hydrogen-bond donors (Lipinski definition) is 0. The molecule has 0 amide bonds. The molecule has 0 spiro atoms. The number of allylic oxidation sites excluding steroid dienone is 4. The fraction of sp³-hybridized carbons (Fsp3) is 0.0370. The molecule has 0 aliphatic heterocycles. The van der Waals surface area contributed by atoms with Crippen molar-refractivity contribution >= 4 is 28.4 Å². The summed E-state index contributed by atoms with van der Waals surface area (Å²) < 4.78 is 0. The van der Waals surface area contributed by atoms with Crippen molar-refractivity contribution in [3.63, 3.8) is 0 Å². The van der Waals surface area contributed by atoms with E-state index in [1.54, 1.807) is 0 Å². The topological polar surface area (TPSA) is 6.48 Å². The highest BCUT2D eigenvalue weighted by atomic mass is 15.2. The fourth-order valence-electron chi connectivity index (χ4n) is 7.78. The van der Waals surface area contributed by atoms with E-state index in [0.29, 0.717) is 5.92 Å². The van der Waals surface area contributed by atoms with Gasteiger partial charge in [-0.15, -0.1) is 0 Å². The van der Waals surface area contributed by atoms with Crippen LogP contribution in [0.4, 0.5) is 28.4 Å². The summed E-state index contributed by atoms with van der Waals surface area (Å²) >= 11 is 0. The number of rotatable bonds is 10. The zero-order valence-electron chi connectivity index (χ0n) is 31.2. The fourth-order valence-corrected chi connectivity index (χ4v) is 7.78. The molecule has 0 bridgehead atoms. The lowest BCUT2D eigenvalue weighted by atomic mass is 9.90. The van der Waals surface area contributed by atoms with E-state index >= 15 is 0 Å². The van der Waals surface area contributed by atoms with Gasteiger partial charge in [0.2, 0.25) is 0 Å². The molecule has 2 nitrogen and oxygen atoms in total. The van der Waals surface area contributed by atoms with Gasteiger partial charge in [0, 0.05) is 40.1 Å². The van der Waals surface area contributed by atoms with Crippen molar-refractivity contribution in [2.75, 3.05) is 9.80 Å². The van der Waals surface area contributed by atoms with Crippen molar-refractivity contribution in [3.8, 4) is 33.4 Å². The minimum Gasteiger partial charge on any atom is -0.314 e. The third-order valence-electron chi connectivity index (χ3n) is 10.6. The van der Waals surface area contributed by atoms with Gasteiger partial charge in [-0.1, -0.05) is 164 Å². The Bertz CT molecular complexity index is 2580. The molecule has 1 unspecified atom stereocenters. The van der Waals surface area contributed by atoms with Gasteiger partial charge < -0.3 is 9.80 Å². The van der Waals surface area contributed by atoms with E-state index in [0.717, 1.165) is 34.9 Å². The summed E-state index contributed by atoms with van der Waals surface area (Å²) in [5.41, 5.74) is 15.4. The van der Waals surface area contributed by atoms with Crippen molar-refractivity contribution in [1.29, 1.82) is 0 Å². The highest BCUT2D eigenvalue weighted by Gasteiger charge is 2.21. The first-order chi connectivity index (χ1) is 27.8. The van der Waals surface area contributed by atoms with Crippen LogP contribution in [0.1, 0.15) is 17.9 Å². The number of hydrogen-bond acceptors (Lipinski definition) is 2. The molecule has 0 fully saturated rings. The van der Waals surface area contributed by atoms with Crippen molar-refractivity contribution in [1.82, 2.24) is 0 Å². The summed E-state index contributed by atoms with van der Waals surface area (Å²) in [6, 6.07) is 78.3. The van der Waals surface area contributed by atoms with Crippen LogP contribution >= 0.6 is 0 Å². The third-order valence-corrected chi connectivity index (χ3v) is 10.6. The third kappa shape index (κ3) is 7.46. The van der Waals surface area contributed by atoms with Crippen LogP contribution in [0.5, 0.6) is 0 Å². The molecule has 0 radical (unpaired) electrons. The molecule has 1 aliphatic carbocycles. The number of benzene rings is 8.